The number of anilines is 1. The molecule has 12 nitrogen and oxygen atoms in total. The Morgan fingerprint density at radius 3 is 2.68 bits per heavy atom. The van der Waals surface area contributed by atoms with E-state index in [4.69, 9.17) is 9.84 Å². The first-order valence-electron chi connectivity index (χ1n) is 9.11. The predicted molar refractivity (Wildman–Crippen MR) is 102 cm³/mol. The van der Waals surface area contributed by atoms with E-state index in [0.29, 0.717) is 10.4 Å². The molecule has 31 heavy (non-hydrogen) atoms. The highest BCUT2D eigenvalue weighted by Crippen LogP contribution is 2.38. The highest BCUT2D eigenvalue weighted by molar-refractivity contribution is 7.17. The van der Waals surface area contributed by atoms with Crippen LogP contribution in [0.4, 0.5) is 5.00 Å². The number of thiophene rings is 1. The lowest BCUT2D eigenvalue weighted by atomic mass is 10.0. The van der Waals surface area contributed by atoms with Gasteiger partial charge in [0.2, 0.25) is 5.91 Å². The van der Waals surface area contributed by atoms with E-state index in [1.165, 1.54) is 12.5 Å². The maximum Gasteiger partial charge on any atom is 0.394 e. The van der Waals surface area contributed by atoms with Gasteiger partial charge in [-0.15, -0.1) is 11.3 Å². The molecule has 0 spiro atoms. The second kappa shape index (κ2) is 7.92. The smallest absolute Gasteiger partial charge is 0.394 e. The number of nitrogens with zero attached hydrogens (tertiary/aromatic N) is 3. The average Bonchev–Trinajstić information content (AvgIpc) is 3.41. The lowest BCUT2D eigenvalue weighted by molar-refractivity contribution is -0.147. The quantitative estimate of drug-likeness (QED) is 0.424. The van der Waals surface area contributed by atoms with E-state index in [1.54, 1.807) is 10.8 Å². The van der Waals surface area contributed by atoms with E-state index in [1.807, 2.05) is 0 Å². The molecular weight excluding hydrogens is 432 g/mol. The highest BCUT2D eigenvalue weighted by Gasteiger charge is 2.41. The molecule has 2 aromatic rings. The monoisotopic (exact) mass is 448 g/mol. The standard InChI is InChI=1S/C18H16N4O8S/c23-12-4-10(21-2-1-19-7-21)16(25)22(12)5-8-3-9-11(6-30-8)31-15(13(9)17(26)27)20-14(24)18(28)29/h1-2,7-8,10H,3-6H2,(H,20,24)(H,26,27)(H,28,29). The lowest BCUT2D eigenvalue weighted by Crippen LogP contribution is -2.40. The van der Waals surface area contributed by atoms with Gasteiger partial charge in [-0.3, -0.25) is 19.3 Å². The topological polar surface area (TPSA) is 168 Å². The molecule has 0 radical (unpaired) electrons. The number of aromatic nitrogens is 2. The highest BCUT2D eigenvalue weighted by atomic mass is 32.1. The molecule has 1 fully saturated rings. The number of ether oxygens (including phenoxy) is 1. The number of rotatable bonds is 5. The Morgan fingerprint density at radius 1 is 1.26 bits per heavy atom. The molecule has 0 saturated carbocycles. The minimum Gasteiger partial charge on any atom is -0.478 e. The van der Waals surface area contributed by atoms with E-state index in [9.17, 15) is 29.1 Å². The number of amides is 3. The summed E-state index contributed by atoms with van der Waals surface area (Å²) in [6.07, 6.45) is 4.01. The summed E-state index contributed by atoms with van der Waals surface area (Å²) < 4.78 is 7.27. The number of carbonyl (C=O) groups excluding carboxylic acids is 3. The second-order valence-electron chi connectivity index (χ2n) is 6.98. The van der Waals surface area contributed by atoms with Crippen LogP contribution in [-0.2, 0) is 36.9 Å². The Bertz CT molecular complexity index is 1090. The Kier molecular flexibility index (Phi) is 5.29. The second-order valence-corrected chi connectivity index (χ2v) is 8.09. The van der Waals surface area contributed by atoms with Crippen LogP contribution in [-0.4, -0.2) is 67.0 Å². The molecule has 2 aliphatic rings. The zero-order chi connectivity index (χ0) is 22.3. The first kappa shape index (κ1) is 20.7. The molecule has 13 heteroatoms. The fraction of sp³-hybridized carbons (Fsp3) is 0.333. The van der Waals surface area contributed by atoms with Crippen LogP contribution in [0.1, 0.15) is 33.3 Å². The van der Waals surface area contributed by atoms with Crippen LogP contribution < -0.4 is 5.32 Å². The third-order valence-electron chi connectivity index (χ3n) is 5.10. The molecule has 2 aromatic heterocycles. The Hall–Kier alpha value is -3.58. The van der Waals surface area contributed by atoms with E-state index in [0.717, 1.165) is 16.2 Å². The number of aliphatic carboxylic acids is 1. The summed E-state index contributed by atoms with van der Waals surface area (Å²) in [6, 6.07) is -0.678. The number of aromatic carboxylic acids is 1. The summed E-state index contributed by atoms with van der Waals surface area (Å²) in [6.45, 7) is -0.0386. The van der Waals surface area contributed by atoms with Crippen molar-refractivity contribution < 1.29 is 38.9 Å². The van der Waals surface area contributed by atoms with Gasteiger partial charge < -0.3 is 24.8 Å². The van der Waals surface area contributed by atoms with Crippen LogP contribution in [0.2, 0.25) is 0 Å². The fourth-order valence-electron chi connectivity index (χ4n) is 3.66. The largest absolute Gasteiger partial charge is 0.478 e. The minimum atomic E-state index is -1.74. The maximum atomic E-state index is 12.7. The van der Waals surface area contributed by atoms with Gasteiger partial charge in [0.25, 0.3) is 5.91 Å². The van der Waals surface area contributed by atoms with Crippen molar-refractivity contribution in [1.82, 2.24) is 14.5 Å². The molecule has 0 aromatic carbocycles. The first-order chi connectivity index (χ1) is 14.8. The van der Waals surface area contributed by atoms with Crippen molar-refractivity contribution in [3.05, 3.63) is 34.7 Å². The number of likely N-dealkylation sites (tertiary alicyclic amines) is 1. The maximum absolute atomic E-state index is 12.7. The molecule has 1 saturated heterocycles. The van der Waals surface area contributed by atoms with Crippen molar-refractivity contribution in [2.45, 2.75) is 31.6 Å². The number of hydrogen-bond acceptors (Lipinski definition) is 8. The third-order valence-corrected chi connectivity index (χ3v) is 6.22. The molecule has 2 aliphatic heterocycles. The van der Waals surface area contributed by atoms with Gasteiger partial charge in [0.15, 0.2) is 0 Å². The van der Waals surface area contributed by atoms with Crippen LogP contribution in [0.3, 0.4) is 0 Å². The summed E-state index contributed by atoms with van der Waals surface area (Å²) in [5.74, 6) is -5.17. The molecular formula is C18H16N4O8S. The van der Waals surface area contributed by atoms with Gasteiger partial charge in [-0.2, -0.15) is 0 Å². The zero-order valence-electron chi connectivity index (χ0n) is 15.8. The van der Waals surface area contributed by atoms with Crippen LogP contribution in [0.25, 0.3) is 0 Å². The van der Waals surface area contributed by atoms with Crippen LogP contribution in [0.15, 0.2) is 18.7 Å². The number of carboxylic acid groups (broad SMARTS) is 2. The number of fused-ring (bicyclic) bond motifs is 1. The normalized spacial score (nSPS) is 20.6. The van der Waals surface area contributed by atoms with E-state index < -0.39 is 35.9 Å². The number of nitrogens with one attached hydrogen (secondary N) is 1. The molecule has 2 atom stereocenters. The summed E-state index contributed by atoms with van der Waals surface area (Å²) in [4.78, 5) is 64.7. The summed E-state index contributed by atoms with van der Waals surface area (Å²) in [7, 11) is 0. The number of imidazole rings is 1. The summed E-state index contributed by atoms with van der Waals surface area (Å²) in [5, 5.41) is 20.4. The number of imide groups is 1. The number of carboxylic acids is 2. The van der Waals surface area contributed by atoms with Crippen molar-refractivity contribution in [3.8, 4) is 0 Å². The van der Waals surface area contributed by atoms with Crippen LogP contribution in [0.5, 0.6) is 0 Å². The lowest BCUT2D eigenvalue weighted by Gasteiger charge is -2.27. The number of carbonyl (C=O) groups is 5. The van der Waals surface area contributed by atoms with Gasteiger partial charge >= 0.3 is 17.8 Å². The van der Waals surface area contributed by atoms with Crippen LogP contribution in [0, 0.1) is 0 Å². The SMILES string of the molecule is O=C(O)C(=O)Nc1sc2c(c1C(=O)O)CC(CN1C(=O)CC(n3ccnc3)C1=O)OC2. The minimum absolute atomic E-state index is 0.00262. The Morgan fingerprint density at radius 2 is 2.03 bits per heavy atom. The van der Waals surface area contributed by atoms with Crippen molar-refractivity contribution >= 4 is 46.0 Å². The molecule has 3 N–H and O–H groups in total. The Labute approximate surface area is 178 Å². The molecule has 4 rings (SSSR count). The molecule has 3 amide bonds. The molecule has 0 aliphatic carbocycles. The van der Waals surface area contributed by atoms with Gasteiger partial charge in [0.1, 0.15) is 11.0 Å². The molecule has 0 bridgehead atoms. The zero-order valence-corrected chi connectivity index (χ0v) is 16.6. The van der Waals surface area contributed by atoms with Gasteiger partial charge in [-0.25, -0.2) is 14.6 Å². The van der Waals surface area contributed by atoms with E-state index in [-0.39, 0.29) is 42.5 Å². The fourth-order valence-corrected chi connectivity index (χ4v) is 4.80. The number of hydrogen-bond donors (Lipinski definition) is 3. The van der Waals surface area contributed by atoms with Crippen molar-refractivity contribution in [2.24, 2.45) is 0 Å². The third kappa shape index (κ3) is 3.80. The molecule has 2 unspecified atom stereocenters. The van der Waals surface area contributed by atoms with Crippen molar-refractivity contribution in [1.29, 1.82) is 0 Å². The molecule has 162 valence electrons. The van der Waals surface area contributed by atoms with Crippen molar-refractivity contribution in [3.63, 3.8) is 0 Å². The van der Waals surface area contributed by atoms with Gasteiger partial charge in [-0.1, -0.05) is 0 Å². The van der Waals surface area contributed by atoms with E-state index >= 15 is 0 Å². The predicted octanol–water partition coefficient (Wildman–Crippen LogP) is 0.107. The van der Waals surface area contributed by atoms with Gasteiger partial charge in [0, 0.05) is 23.7 Å². The average molecular weight is 448 g/mol. The first-order valence-corrected chi connectivity index (χ1v) is 9.93. The summed E-state index contributed by atoms with van der Waals surface area (Å²) in [5.41, 5.74) is 0.179. The van der Waals surface area contributed by atoms with Gasteiger partial charge in [0.05, 0.1) is 37.6 Å². The molecule has 4 heterocycles. The van der Waals surface area contributed by atoms with Crippen LogP contribution >= 0.6 is 11.3 Å². The summed E-state index contributed by atoms with van der Waals surface area (Å²) >= 11 is 0.922. The van der Waals surface area contributed by atoms with E-state index in [2.05, 4.69) is 10.3 Å². The van der Waals surface area contributed by atoms with Gasteiger partial charge in [-0.05, 0) is 5.56 Å². The Balaban J connectivity index is 1.52. The van der Waals surface area contributed by atoms with Crippen molar-refractivity contribution in [2.75, 3.05) is 11.9 Å².